The smallest absolute Gasteiger partial charge is 0.146 e. The van der Waals surface area contributed by atoms with Gasteiger partial charge >= 0.3 is 0 Å². The van der Waals surface area contributed by atoms with Gasteiger partial charge in [0.05, 0.1) is 5.02 Å². The fourth-order valence-corrected chi connectivity index (χ4v) is 2.09. The summed E-state index contributed by atoms with van der Waals surface area (Å²) in [5.41, 5.74) is 7.79. The molecule has 0 aromatic heterocycles. The van der Waals surface area contributed by atoms with Gasteiger partial charge in [-0.1, -0.05) is 40.9 Å². The number of nitrogens with two attached hydrogens (primary N) is 1. The van der Waals surface area contributed by atoms with E-state index in [9.17, 15) is 0 Å². The van der Waals surface area contributed by atoms with E-state index >= 15 is 0 Å². The van der Waals surface area contributed by atoms with Crippen molar-refractivity contribution >= 4 is 23.2 Å². The Morgan fingerprint density at radius 1 is 1.06 bits per heavy atom. The van der Waals surface area contributed by atoms with E-state index in [0.29, 0.717) is 28.1 Å². The molecule has 94 valence electrons. The Bertz CT molecular complexity index is 570. The van der Waals surface area contributed by atoms with Gasteiger partial charge in [-0.25, -0.2) is 0 Å². The lowest BCUT2D eigenvalue weighted by atomic mass is 10.1. The van der Waals surface area contributed by atoms with Crippen LogP contribution in [0, 0.1) is 6.92 Å². The van der Waals surface area contributed by atoms with Crippen LogP contribution in [-0.2, 0) is 6.54 Å². The largest absolute Gasteiger partial charge is 0.455 e. The lowest BCUT2D eigenvalue weighted by Crippen LogP contribution is -2.00. The molecule has 0 aliphatic rings. The molecule has 2 aromatic rings. The number of aryl methyl sites for hydroxylation is 1. The fraction of sp³-hybridized carbons (Fsp3) is 0.143. The maximum Gasteiger partial charge on any atom is 0.146 e. The van der Waals surface area contributed by atoms with E-state index in [0.717, 1.165) is 11.1 Å². The normalized spacial score (nSPS) is 10.4. The maximum atomic E-state index is 6.07. The van der Waals surface area contributed by atoms with E-state index in [4.69, 9.17) is 33.7 Å². The van der Waals surface area contributed by atoms with E-state index in [1.54, 1.807) is 18.2 Å². The van der Waals surface area contributed by atoms with Gasteiger partial charge in [0.1, 0.15) is 11.5 Å². The Kier molecular flexibility index (Phi) is 4.12. The molecule has 2 N–H and O–H groups in total. The first-order valence-corrected chi connectivity index (χ1v) is 6.28. The second kappa shape index (κ2) is 5.61. The van der Waals surface area contributed by atoms with Gasteiger partial charge < -0.3 is 10.5 Å². The molecule has 2 aromatic carbocycles. The van der Waals surface area contributed by atoms with Crippen molar-refractivity contribution in [2.45, 2.75) is 13.5 Å². The van der Waals surface area contributed by atoms with Crippen LogP contribution < -0.4 is 10.5 Å². The highest BCUT2D eigenvalue weighted by Gasteiger charge is 2.07. The molecule has 0 amide bonds. The van der Waals surface area contributed by atoms with Crippen molar-refractivity contribution < 1.29 is 4.74 Å². The van der Waals surface area contributed by atoms with Crippen LogP contribution in [0.5, 0.6) is 11.5 Å². The zero-order chi connectivity index (χ0) is 13.1. The van der Waals surface area contributed by atoms with E-state index in [-0.39, 0.29) is 0 Å². The predicted molar refractivity (Wildman–Crippen MR) is 75.6 cm³/mol. The van der Waals surface area contributed by atoms with Crippen molar-refractivity contribution in [2.75, 3.05) is 0 Å². The molecule has 0 bridgehead atoms. The molecule has 0 aliphatic heterocycles. The molecule has 0 heterocycles. The van der Waals surface area contributed by atoms with Crippen molar-refractivity contribution in [1.82, 2.24) is 0 Å². The predicted octanol–water partition coefficient (Wildman–Crippen LogP) is 4.55. The van der Waals surface area contributed by atoms with Crippen molar-refractivity contribution in [2.24, 2.45) is 5.73 Å². The molecule has 2 nitrogen and oxygen atoms in total. The number of halogens is 2. The SMILES string of the molecule is Cc1ccc(Oc2ccc(Cl)cc2Cl)c(CN)c1. The number of hydrogen-bond donors (Lipinski definition) is 1. The lowest BCUT2D eigenvalue weighted by Gasteiger charge is -2.12. The summed E-state index contributed by atoms with van der Waals surface area (Å²) in [7, 11) is 0. The Morgan fingerprint density at radius 2 is 1.78 bits per heavy atom. The van der Waals surface area contributed by atoms with Crippen molar-refractivity contribution in [1.29, 1.82) is 0 Å². The molecule has 0 aliphatic carbocycles. The Labute approximate surface area is 116 Å². The lowest BCUT2D eigenvalue weighted by molar-refractivity contribution is 0.476. The standard InChI is InChI=1S/C14H13Cl2NO/c1-9-2-4-13(10(6-9)8-17)18-14-5-3-11(15)7-12(14)16/h2-7H,8,17H2,1H3. The van der Waals surface area contributed by atoms with Gasteiger partial charge in [0, 0.05) is 17.1 Å². The van der Waals surface area contributed by atoms with Crippen LogP contribution in [-0.4, -0.2) is 0 Å². The highest BCUT2D eigenvalue weighted by molar-refractivity contribution is 6.35. The van der Waals surface area contributed by atoms with Crippen LogP contribution >= 0.6 is 23.2 Å². The van der Waals surface area contributed by atoms with Gasteiger partial charge in [-0.15, -0.1) is 0 Å². The van der Waals surface area contributed by atoms with Gasteiger partial charge in [-0.05, 0) is 31.2 Å². The minimum atomic E-state index is 0.419. The summed E-state index contributed by atoms with van der Waals surface area (Å²) in [5.74, 6) is 1.28. The van der Waals surface area contributed by atoms with Gasteiger partial charge in [-0.3, -0.25) is 0 Å². The Hall–Kier alpha value is -1.22. The van der Waals surface area contributed by atoms with Crippen LogP contribution in [0.2, 0.25) is 10.0 Å². The molecular weight excluding hydrogens is 269 g/mol. The second-order valence-electron chi connectivity index (χ2n) is 3.99. The van der Waals surface area contributed by atoms with Gasteiger partial charge in [0.2, 0.25) is 0 Å². The summed E-state index contributed by atoms with van der Waals surface area (Å²) in [5, 5.41) is 1.06. The van der Waals surface area contributed by atoms with Crippen LogP contribution in [0.1, 0.15) is 11.1 Å². The number of hydrogen-bond acceptors (Lipinski definition) is 2. The summed E-state index contributed by atoms with van der Waals surface area (Å²) < 4.78 is 5.77. The first-order valence-electron chi connectivity index (χ1n) is 5.52. The van der Waals surface area contributed by atoms with Crippen LogP contribution in [0.4, 0.5) is 0 Å². The summed E-state index contributed by atoms with van der Waals surface area (Å²) in [4.78, 5) is 0. The summed E-state index contributed by atoms with van der Waals surface area (Å²) in [6, 6.07) is 11.0. The third kappa shape index (κ3) is 2.96. The Morgan fingerprint density at radius 3 is 2.44 bits per heavy atom. The van der Waals surface area contributed by atoms with Gasteiger partial charge in [-0.2, -0.15) is 0 Å². The molecule has 0 saturated heterocycles. The average molecular weight is 282 g/mol. The minimum absolute atomic E-state index is 0.419. The molecular formula is C14H13Cl2NO. The molecule has 0 spiro atoms. The van der Waals surface area contributed by atoms with Gasteiger partial charge in [0.15, 0.2) is 0 Å². The quantitative estimate of drug-likeness (QED) is 0.896. The highest BCUT2D eigenvalue weighted by Crippen LogP contribution is 2.33. The van der Waals surface area contributed by atoms with E-state index in [1.807, 2.05) is 25.1 Å². The maximum absolute atomic E-state index is 6.07. The molecule has 2 rings (SSSR count). The molecule has 0 atom stereocenters. The summed E-state index contributed by atoms with van der Waals surface area (Å²) >= 11 is 11.9. The molecule has 0 fully saturated rings. The number of ether oxygens (including phenoxy) is 1. The monoisotopic (exact) mass is 281 g/mol. The Balaban J connectivity index is 2.33. The minimum Gasteiger partial charge on any atom is -0.455 e. The van der Waals surface area contributed by atoms with E-state index in [1.165, 1.54) is 0 Å². The number of benzene rings is 2. The van der Waals surface area contributed by atoms with E-state index < -0.39 is 0 Å². The molecule has 18 heavy (non-hydrogen) atoms. The topological polar surface area (TPSA) is 35.2 Å². The van der Waals surface area contributed by atoms with Crippen LogP contribution in [0.3, 0.4) is 0 Å². The van der Waals surface area contributed by atoms with Gasteiger partial charge in [0.25, 0.3) is 0 Å². The molecule has 0 saturated carbocycles. The third-order valence-electron chi connectivity index (χ3n) is 2.55. The highest BCUT2D eigenvalue weighted by atomic mass is 35.5. The summed E-state index contributed by atoms with van der Waals surface area (Å²) in [6.07, 6.45) is 0. The zero-order valence-corrected chi connectivity index (χ0v) is 11.4. The zero-order valence-electron chi connectivity index (χ0n) is 9.91. The summed E-state index contributed by atoms with van der Waals surface area (Å²) in [6.45, 7) is 2.43. The number of rotatable bonds is 3. The molecule has 4 heteroatoms. The molecule has 0 radical (unpaired) electrons. The van der Waals surface area contributed by atoms with Crippen LogP contribution in [0.25, 0.3) is 0 Å². The van der Waals surface area contributed by atoms with Crippen LogP contribution in [0.15, 0.2) is 36.4 Å². The van der Waals surface area contributed by atoms with E-state index in [2.05, 4.69) is 0 Å². The third-order valence-corrected chi connectivity index (χ3v) is 3.08. The van der Waals surface area contributed by atoms with Crippen molar-refractivity contribution in [3.63, 3.8) is 0 Å². The fourth-order valence-electron chi connectivity index (χ4n) is 1.64. The van der Waals surface area contributed by atoms with Crippen molar-refractivity contribution in [3.05, 3.63) is 57.6 Å². The average Bonchev–Trinajstić information content (AvgIpc) is 2.34. The first kappa shape index (κ1) is 13.2. The molecule has 0 unspecified atom stereocenters. The second-order valence-corrected chi connectivity index (χ2v) is 4.84. The first-order chi connectivity index (χ1) is 8.60. The van der Waals surface area contributed by atoms with Crippen molar-refractivity contribution in [3.8, 4) is 11.5 Å².